The zero-order chi connectivity index (χ0) is 13.0. The molecule has 0 unspecified atom stereocenters. The van der Waals surface area contributed by atoms with E-state index in [1.54, 1.807) is 0 Å². The molecule has 1 rings (SSSR count). The third-order valence-corrected chi connectivity index (χ3v) is 2.56. The van der Waals surface area contributed by atoms with Gasteiger partial charge in [-0.15, -0.1) is 0 Å². The Hall–Kier alpha value is -1.36. The highest BCUT2D eigenvalue weighted by molar-refractivity contribution is 6.31. The summed E-state index contributed by atoms with van der Waals surface area (Å²) in [7, 11) is 0. The smallest absolute Gasteiger partial charge is 0.295 e. The minimum atomic E-state index is -0.784. The van der Waals surface area contributed by atoms with Crippen molar-refractivity contribution >= 4 is 23.0 Å². The number of anilines is 1. The van der Waals surface area contributed by atoms with E-state index in [0.29, 0.717) is 12.5 Å². The largest absolute Gasteiger partial charge is 0.379 e. The van der Waals surface area contributed by atoms with Gasteiger partial charge in [-0.3, -0.25) is 10.1 Å². The molecule has 0 aliphatic carbocycles. The number of nitrogens with one attached hydrogen (secondary N) is 1. The Morgan fingerprint density at radius 1 is 1.53 bits per heavy atom. The van der Waals surface area contributed by atoms with Gasteiger partial charge in [-0.1, -0.05) is 25.4 Å². The third kappa shape index (κ3) is 3.85. The zero-order valence-electron chi connectivity index (χ0n) is 9.67. The molecule has 0 fully saturated rings. The van der Waals surface area contributed by atoms with E-state index in [-0.39, 0.29) is 16.4 Å². The molecule has 0 heterocycles. The topological polar surface area (TPSA) is 55.2 Å². The predicted octanol–water partition coefficient (Wildman–Crippen LogP) is 3.85. The van der Waals surface area contributed by atoms with Gasteiger partial charge in [0.05, 0.1) is 16.0 Å². The lowest BCUT2D eigenvalue weighted by molar-refractivity contribution is -0.384. The molecule has 0 aliphatic rings. The van der Waals surface area contributed by atoms with Crippen LogP contribution in [0.15, 0.2) is 12.1 Å². The Morgan fingerprint density at radius 3 is 2.71 bits per heavy atom. The van der Waals surface area contributed by atoms with E-state index >= 15 is 0 Å². The number of benzene rings is 1. The summed E-state index contributed by atoms with van der Waals surface area (Å²) < 4.78 is 13.1. The Balaban J connectivity index is 2.89. The highest BCUT2D eigenvalue weighted by atomic mass is 35.5. The molecular weight excluding hydrogens is 247 g/mol. The average Bonchev–Trinajstić information content (AvgIpc) is 2.22. The number of nitrogens with zero attached hydrogens (tertiary/aromatic N) is 1. The van der Waals surface area contributed by atoms with E-state index in [1.807, 2.05) is 13.8 Å². The van der Waals surface area contributed by atoms with Crippen molar-refractivity contribution in [2.45, 2.75) is 20.3 Å². The number of hydrogen-bond acceptors (Lipinski definition) is 3. The van der Waals surface area contributed by atoms with Crippen LogP contribution in [-0.2, 0) is 0 Å². The van der Waals surface area contributed by atoms with Gasteiger partial charge in [0.15, 0.2) is 0 Å². The Kier molecular flexibility index (Phi) is 4.69. The van der Waals surface area contributed by atoms with Crippen LogP contribution in [0, 0.1) is 21.8 Å². The molecule has 0 atom stereocenters. The third-order valence-electron chi connectivity index (χ3n) is 2.27. The van der Waals surface area contributed by atoms with Gasteiger partial charge in [-0.05, 0) is 18.4 Å². The fourth-order valence-electron chi connectivity index (χ4n) is 1.32. The van der Waals surface area contributed by atoms with Gasteiger partial charge in [0, 0.05) is 6.54 Å². The van der Waals surface area contributed by atoms with Crippen LogP contribution >= 0.6 is 11.6 Å². The molecule has 6 heteroatoms. The van der Waals surface area contributed by atoms with Crippen molar-refractivity contribution in [1.82, 2.24) is 0 Å². The molecule has 1 aromatic rings. The summed E-state index contributed by atoms with van der Waals surface area (Å²) >= 11 is 5.59. The van der Waals surface area contributed by atoms with Crippen LogP contribution in [0.5, 0.6) is 0 Å². The summed E-state index contributed by atoms with van der Waals surface area (Å²) in [6.45, 7) is 4.68. The van der Waals surface area contributed by atoms with Crippen LogP contribution in [0.3, 0.4) is 0 Å². The fraction of sp³-hybridized carbons (Fsp3) is 0.455. The van der Waals surface area contributed by atoms with Gasteiger partial charge in [-0.25, -0.2) is 4.39 Å². The first-order chi connectivity index (χ1) is 7.91. The highest BCUT2D eigenvalue weighted by Crippen LogP contribution is 2.30. The van der Waals surface area contributed by atoms with E-state index in [2.05, 4.69) is 5.32 Å². The van der Waals surface area contributed by atoms with E-state index in [9.17, 15) is 14.5 Å². The van der Waals surface area contributed by atoms with Crippen molar-refractivity contribution in [2.24, 2.45) is 5.92 Å². The van der Waals surface area contributed by atoms with Gasteiger partial charge in [-0.2, -0.15) is 0 Å². The molecule has 0 saturated carbocycles. The molecular formula is C11H14ClFN2O2. The second kappa shape index (κ2) is 5.82. The first-order valence-electron chi connectivity index (χ1n) is 5.29. The quantitative estimate of drug-likeness (QED) is 0.646. The lowest BCUT2D eigenvalue weighted by atomic mass is 10.1. The van der Waals surface area contributed by atoms with E-state index in [1.165, 1.54) is 6.07 Å². The number of nitro benzene ring substituents is 1. The molecule has 17 heavy (non-hydrogen) atoms. The highest BCUT2D eigenvalue weighted by Gasteiger charge is 2.17. The van der Waals surface area contributed by atoms with Crippen LogP contribution in [0.4, 0.5) is 15.8 Å². The lowest BCUT2D eigenvalue weighted by Gasteiger charge is -2.09. The lowest BCUT2D eigenvalue weighted by Crippen LogP contribution is -2.07. The second-order valence-corrected chi connectivity index (χ2v) is 4.56. The van der Waals surface area contributed by atoms with E-state index < -0.39 is 10.7 Å². The molecule has 0 radical (unpaired) electrons. The van der Waals surface area contributed by atoms with Crippen molar-refractivity contribution in [1.29, 1.82) is 0 Å². The minimum Gasteiger partial charge on any atom is -0.379 e. The SMILES string of the molecule is CC(C)CCNc1cc(Cl)c(F)cc1[N+](=O)[O-]. The summed E-state index contributed by atoms with van der Waals surface area (Å²) in [6, 6.07) is 2.08. The first-order valence-corrected chi connectivity index (χ1v) is 5.67. The number of halogens is 2. The molecule has 0 bridgehead atoms. The molecule has 1 N–H and O–H groups in total. The molecule has 0 saturated heterocycles. The molecule has 94 valence electrons. The van der Waals surface area contributed by atoms with Gasteiger partial charge < -0.3 is 5.32 Å². The number of hydrogen-bond donors (Lipinski definition) is 1. The zero-order valence-corrected chi connectivity index (χ0v) is 10.4. The van der Waals surface area contributed by atoms with Crippen LogP contribution in [0.25, 0.3) is 0 Å². The van der Waals surface area contributed by atoms with Gasteiger partial charge in [0.1, 0.15) is 11.5 Å². The van der Waals surface area contributed by atoms with Crippen LogP contribution in [0.1, 0.15) is 20.3 Å². The van der Waals surface area contributed by atoms with E-state index in [0.717, 1.165) is 12.5 Å². The first kappa shape index (κ1) is 13.7. The van der Waals surface area contributed by atoms with E-state index in [4.69, 9.17) is 11.6 Å². The Bertz CT molecular complexity index is 424. The molecule has 4 nitrogen and oxygen atoms in total. The van der Waals surface area contributed by atoms with Crippen LogP contribution < -0.4 is 5.32 Å². The van der Waals surface area contributed by atoms with Crippen molar-refractivity contribution in [3.63, 3.8) is 0 Å². The Morgan fingerprint density at radius 2 is 2.18 bits per heavy atom. The van der Waals surface area contributed by atoms with Gasteiger partial charge in [0.25, 0.3) is 5.69 Å². The van der Waals surface area contributed by atoms with Gasteiger partial charge in [0.2, 0.25) is 0 Å². The molecule has 0 aliphatic heterocycles. The Labute approximate surface area is 104 Å². The average molecular weight is 261 g/mol. The molecule has 1 aromatic carbocycles. The summed E-state index contributed by atoms with van der Waals surface area (Å²) in [6.07, 6.45) is 0.867. The number of rotatable bonds is 5. The monoisotopic (exact) mass is 260 g/mol. The summed E-state index contributed by atoms with van der Waals surface area (Å²) in [5, 5.41) is 13.5. The standard InChI is InChI=1S/C11H14ClFN2O2/c1-7(2)3-4-14-10-5-8(12)9(13)6-11(10)15(16)17/h5-7,14H,3-4H2,1-2H3. The minimum absolute atomic E-state index is 0.123. The maximum absolute atomic E-state index is 13.1. The normalized spacial score (nSPS) is 10.6. The van der Waals surface area contributed by atoms with Gasteiger partial charge >= 0.3 is 0 Å². The maximum Gasteiger partial charge on any atom is 0.295 e. The fourth-order valence-corrected chi connectivity index (χ4v) is 1.49. The van der Waals surface area contributed by atoms with Crippen molar-refractivity contribution in [3.05, 3.63) is 33.1 Å². The molecule has 0 aromatic heterocycles. The van der Waals surface area contributed by atoms with Crippen LogP contribution in [-0.4, -0.2) is 11.5 Å². The number of nitro groups is 1. The molecule has 0 spiro atoms. The van der Waals surface area contributed by atoms with Crippen molar-refractivity contribution < 1.29 is 9.31 Å². The van der Waals surface area contributed by atoms with Crippen molar-refractivity contribution in [3.8, 4) is 0 Å². The maximum atomic E-state index is 13.1. The molecule has 0 amide bonds. The van der Waals surface area contributed by atoms with Crippen molar-refractivity contribution in [2.75, 3.05) is 11.9 Å². The van der Waals surface area contributed by atoms with Crippen LogP contribution in [0.2, 0.25) is 5.02 Å². The second-order valence-electron chi connectivity index (χ2n) is 4.15. The predicted molar refractivity (Wildman–Crippen MR) is 66.0 cm³/mol. The summed E-state index contributed by atoms with van der Waals surface area (Å²) in [5.74, 6) is -0.301. The summed E-state index contributed by atoms with van der Waals surface area (Å²) in [5.41, 5.74) is -0.0438. The summed E-state index contributed by atoms with van der Waals surface area (Å²) in [4.78, 5) is 10.1.